The highest BCUT2D eigenvalue weighted by Gasteiger charge is 2.18. The fourth-order valence-corrected chi connectivity index (χ4v) is 2.90. The molecule has 0 aliphatic carbocycles. The van der Waals surface area contributed by atoms with Crippen molar-refractivity contribution in [2.75, 3.05) is 12.1 Å². The highest BCUT2D eigenvalue weighted by Crippen LogP contribution is 2.35. The Morgan fingerprint density at radius 1 is 1.10 bits per heavy atom. The van der Waals surface area contributed by atoms with E-state index in [9.17, 15) is 8.42 Å². The lowest BCUT2D eigenvalue weighted by Gasteiger charge is -2.11. The number of fused-ring (bicyclic) bond motifs is 1. The summed E-state index contributed by atoms with van der Waals surface area (Å²) < 4.78 is 33.8. The van der Waals surface area contributed by atoms with Gasteiger partial charge in [0.1, 0.15) is 4.90 Å². The van der Waals surface area contributed by atoms with Crippen molar-refractivity contribution in [2.45, 2.75) is 11.4 Å². The minimum atomic E-state index is -3.77. The van der Waals surface area contributed by atoms with Crippen molar-refractivity contribution in [3.05, 3.63) is 48.0 Å². The maximum atomic E-state index is 11.5. The van der Waals surface area contributed by atoms with Crippen LogP contribution in [0.2, 0.25) is 0 Å². The number of rotatable bonds is 4. The number of nitrogens with two attached hydrogens (primary N) is 1. The summed E-state index contributed by atoms with van der Waals surface area (Å²) >= 11 is 0. The van der Waals surface area contributed by atoms with Crippen molar-refractivity contribution < 1.29 is 17.9 Å². The Morgan fingerprint density at radius 2 is 1.90 bits per heavy atom. The lowest BCUT2D eigenvalue weighted by atomic mass is 10.2. The molecule has 3 N–H and O–H groups in total. The molecule has 1 aliphatic heterocycles. The summed E-state index contributed by atoms with van der Waals surface area (Å²) in [6, 6.07) is 12.1. The first-order valence-electron chi connectivity index (χ1n) is 6.29. The van der Waals surface area contributed by atoms with Gasteiger partial charge < -0.3 is 14.8 Å². The summed E-state index contributed by atoms with van der Waals surface area (Å²) in [5, 5.41) is 8.28. The minimum Gasteiger partial charge on any atom is -0.454 e. The van der Waals surface area contributed by atoms with Crippen LogP contribution in [0.3, 0.4) is 0 Å². The summed E-state index contributed by atoms with van der Waals surface area (Å²) in [5.41, 5.74) is 1.34. The van der Waals surface area contributed by atoms with Crippen LogP contribution in [0, 0.1) is 0 Å². The van der Waals surface area contributed by atoms with Gasteiger partial charge in [-0.1, -0.05) is 24.3 Å². The molecule has 0 radical (unpaired) electrons. The van der Waals surface area contributed by atoms with Crippen molar-refractivity contribution in [3.63, 3.8) is 0 Å². The van der Waals surface area contributed by atoms with Crippen LogP contribution in [0.4, 0.5) is 5.69 Å². The van der Waals surface area contributed by atoms with Gasteiger partial charge in [0.25, 0.3) is 0 Å². The van der Waals surface area contributed by atoms with E-state index >= 15 is 0 Å². The topological polar surface area (TPSA) is 90.7 Å². The first-order valence-corrected chi connectivity index (χ1v) is 7.83. The molecule has 0 unspecified atom stereocenters. The molecule has 2 aromatic carbocycles. The molecule has 0 spiro atoms. The zero-order chi connectivity index (χ0) is 14.9. The van der Waals surface area contributed by atoms with E-state index in [1.165, 1.54) is 6.07 Å². The van der Waals surface area contributed by atoms with Gasteiger partial charge in [-0.05, 0) is 18.2 Å². The van der Waals surface area contributed by atoms with Gasteiger partial charge in [0.05, 0.1) is 5.69 Å². The summed E-state index contributed by atoms with van der Waals surface area (Å²) in [6.45, 7) is 0.596. The van der Waals surface area contributed by atoms with E-state index in [0.717, 1.165) is 5.56 Å². The zero-order valence-electron chi connectivity index (χ0n) is 11.1. The molecule has 0 atom stereocenters. The predicted molar refractivity (Wildman–Crippen MR) is 77.7 cm³/mol. The zero-order valence-corrected chi connectivity index (χ0v) is 11.9. The fourth-order valence-electron chi connectivity index (χ4n) is 2.18. The maximum Gasteiger partial charge on any atom is 0.240 e. The van der Waals surface area contributed by atoms with Crippen molar-refractivity contribution in [2.24, 2.45) is 5.14 Å². The molecule has 1 heterocycles. The molecule has 110 valence electrons. The number of ether oxygens (including phenoxy) is 2. The smallest absolute Gasteiger partial charge is 0.240 e. The monoisotopic (exact) mass is 306 g/mol. The van der Waals surface area contributed by atoms with Gasteiger partial charge in [-0.3, -0.25) is 0 Å². The van der Waals surface area contributed by atoms with Gasteiger partial charge in [-0.15, -0.1) is 0 Å². The van der Waals surface area contributed by atoms with E-state index in [2.05, 4.69) is 5.32 Å². The number of sulfonamides is 1. The normalized spacial score (nSPS) is 13.2. The van der Waals surface area contributed by atoms with Crippen molar-refractivity contribution >= 4 is 15.7 Å². The summed E-state index contributed by atoms with van der Waals surface area (Å²) in [7, 11) is -3.77. The molecular formula is C14H14N2O4S. The number of primary sulfonamides is 1. The Hall–Kier alpha value is -2.25. The third-order valence-electron chi connectivity index (χ3n) is 3.14. The lowest BCUT2D eigenvalue weighted by molar-refractivity contribution is 0.173. The average molecular weight is 306 g/mol. The molecule has 0 amide bonds. The molecule has 6 nitrogen and oxygen atoms in total. The number of anilines is 1. The Kier molecular flexibility index (Phi) is 3.44. The van der Waals surface area contributed by atoms with Gasteiger partial charge in [-0.2, -0.15) is 0 Å². The first-order chi connectivity index (χ1) is 10.1. The molecule has 0 saturated heterocycles. The van der Waals surface area contributed by atoms with Crippen LogP contribution < -0.4 is 19.9 Å². The van der Waals surface area contributed by atoms with E-state index in [1.54, 1.807) is 18.2 Å². The van der Waals surface area contributed by atoms with E-state index in [0.29, 0.717) is 23.7 Å². The molecular weight excluding hydrogens is 292 g/mol. The molecule has 0 bridgehead atoms. The van der Waals surface area contributed by atoms with E-state index < -0.39 is 10.0 Å². The summed E-state index contributed by atoms with van der Waals surface area (Å²) in [6.07, 6.45) is 0. The van der Waals surface area contributed by atoms with Gasteiger partial charge in [0, 0.05) is 12.1 Å². The highest BCUT2D eigenvalue weighted by atomic mass is 32.2. The Balaban J connectivity index is 1.85. The number of hydrogen-bond donors (Lipinski definition) is 2. The molecule has 7 heteroatoms. The third kappa shape index (κ3) is 2.79. The molecule has 2 aromatic rings. The highest BCUT2D eigenvalue weighted by molar-refractivity contribution is 7.89. The Labute approximate surface area is 122 Å². The molecule has 3 rings (SSSR count). The Morgan fingerprint density at radius 3 is 2.71 bits per heavy atom. The molecule has 21 heavy (non-hydrogen) atoms. The third-order valence-corrected chi connectivity index (χ3v) is 4.11. The standard InChI is InChI=1S/C14H14N2O4S/c15-21(17,18)13-7-2-1-5-11(13)16-8-10-4-3-6-12-14(10)20-9-19-12/h1-7,16H,8-9H2,(H2,15,17,18). The van der Waals surface area contributed by atoms with Crippen LogP contribution in [0.25, 0.3) is 0 Å². The van der Waals surface area contributed by atoms with Crippen LogP contribution in [0.1, 0.15) is 5.56 Å². The molecule has 1 aliphatic rings. The first kappa shape index (κ1) is 13.7. The second-order valence-electron chi connectivity index (χ2n) is 4.55. The van der Waals surface area contributed by atoms with E-state index in [-0.39, 0.29) is 11.7 Å². The fraction of sp³-hybridized carbons (Fsp3) is 0.143. The van der Waals surface area contributed by atoms with Gasteiger partial charge >= 0.3 is 0 Å². The van der Waals surface area contributed by atoms with E-state index in [1.807, 2.05) is 18.2 Å². The van der Waals surface area contributed by atoms with Crippen LogP contribution in [-0.2, 0) is 16.6 Å². The summed E-state index contributed by atoms with van der Waals surface area (Å²) in [4.78, 5) is 0.0646. The second-order valence-corrected chi connectivity index (χ2v) is 6.08. The van der Waals surface area contributed by atoms with E-state index in [4.69, 9.17) is 14.6 Å². The van der Waals surface area contributed by atoms with Crippen LogP contribution in [0.15, 0.2) is 47.4 Å². The predicted octanol–water partition coefficient (Wildman–Crippen LogP) is 1.67. The second kappa shape index (κ2) is 5.27. The molecule has 0 aromatic heterocycles. The lowest BCUT2D eigenvalue weighted by Crippen LogP contribution is -2.15. The number of benzene rings is 2. The molecule has 0 fully saturated rings. The number of para-hydroxylation sites is 2. The van der Waals surface area contributed by atoms with Crippen LogP contribution in [-0.4, -0.2) is 15.2 Å². The van der Waals surface area contributed by atoms with Crippen molar-refractivity contribution in [3.8, 4) is 11.5 Å². The number of hydrogen-bond acceptors (Lipinski definition) is 5. The van der Waals surface area contributed by atoms with Gasteiger partial charge in [-0.25, -0.2) is 13.6 Å². The van der Waals surface area contributed by atoms with Gasteiger partial charge in [0.2, 0.25) is 16.8 Å². The van der Waals surface area contributed by atoms with Crippen LogP contribution >= 0.6 is 0 Å². The largest absolute Gasteiger partial charge is 0.454 e. The molecule has 0 saturated carbocycles. The summed E-state index contributed by atoms with van der Waals surface area (Å²) in [5.74, 6) is 1.37. The SMILES string of the molecule is NS(=O)(=O)c1ccccc1NCc1cccc2c1OCO2. The minimum absolute atomic E-state index is 0.0646. The van der Waals surface area contributed by atoms with Crippen molar-refractivity contribution in [1.29, 1.82) is 0 Å². The van der Waals surface area contributed by atoms with Gasteiger partial charge in [0.15, 0.2) is 11.5 Å². The van der Waals surface area contributed by atoms with Crippen molar-refractivity contribution in [1.82, 2.24) is 0 Å². The average Bonchev–Trinajstić information content (AvgIpc) is 2.93. The Bertz CT molecular complexity index is 774. The maximum absolute atomic E-state index is 11.5. The van der Waals surface area contributed by atoms with Crippen LogP contribution in [0.5, 0.6) is 11.5 Å². The number of nitrogens with one attached hydrogen (secondary N) is 1. The quantitative estimate of drug-likeness (QED) is 0.896.